The minimum atomic E-state index is 0.341. The van der Waals surface area contributed by atoms with E-state index >= 15 is 0 Å². The third-order valence-corrected chi connectivity index (χ3v) is 1.97. The molecule has 12 heavy (non-hydrogen) atoms. The summed E-state index contributed by atoms with van der Waals surface area (Å²) >= 11 is 0. The standard InChI is InChI=1S/C11H17N/c1-10(12)6-5-9-11-7-3-2-4-8-11/h2-4,7-8,10H,5-6,9,12H2,1H3/t10-/m1/s1. The first-order valence-electron chi connectivity index (χ1n) is 4.58. The molecule has 0 fully saturated rings. The van der Waals surface area contributed by atoms with Crippen LogP contribution in [0.4, 0.5) is 0 Å². The van der Waals surface area contributed by atoms with Gasteiger partial charge in [0.2, 0.25) is 0 Å². The van der Waals surface area contributed by atoms with Crippen molar-refractivity contribution in [1.29, 1.82) is 0 Å². The van der Waals surface area contributed by atoms with Crippen molar-refractivity contribution in [2.24, 2.45) is 5.73 Å². The normalized spacial score (nSPS) is 12.8. The zero-order valence-electron chi connectivity index (χ0n) is 7.66. The lowest BCUT2D eigenvalue weighted by Gasteiger charge is -2.03. The second-order valence-electron chi connectivity index (χ2n) is 3.36. The van der Waals surface area contributed by atoms with Crippen molar-refractivity contribution in [2.75, 3.05) is 0 Å². The highest BCUT2D eigenvalue weighted by atomic mass is 14.6. The molecule has 66 valence electrons. The average molecular weight is 163 g/mol. The average Bonchev–Trinajstić information content (AvgIpc) is 2.05. The predicted octanol–water partition coefficient (Wildman–Crippen LogP) is 2.36. The van der Waals surface area contributed by atoms with Gasteiger partial charge in [-0.05, 0) is 31.7 Å². The van der Waals surface area contributed by atoms with Crippen LogP contribution in [0.2, 0.25) is 0 Å². The van der Waals surface area contributed by atoms with Gasteiger partial charge in [-0.2, -0.15) is 0 Å². The Balaban J connectivity index is 2.25. The number of hydrogen-bond acceptors (Lipinski definition) is 1. The SMILES string of the molecule is C[C@@H](N)CCCc1ccccc1. The minimum absolute atomic E-state index is 0.341. The van der Waals surface area contributed by atoms with E-state index in [9.17, 15) is 0 Å². The maximum atomic E-state index is 5.66. The van der Waals surface area contributed by atoms with Gasteiger partial charge in [-0.3, -0.25) is 0 Å². The largest absolute Gasteiger partial charge is 0.328 e. The van der Waals surface area contributed by atoms with Crippen LogP contribution in [0, 0.1) is 0 Å². The van der Waals surface area contributed by atoms with E-state index in [0.717, 1.165) is 12.8 Å². The van der Waals surface area contributed by atoms with Crippen molar-refractivity contribution in [2.45, 2.75) is 32.2 Å². The Kier molecular flexibility index (Phi) is 3.81. The minimum Gasteiger partial charge on any atom is -0.328 e. The lowest BCUT2D eigenvalue weighted by molar-refractivity contribution is 0.624. The molecule has 2 N–H and O–H groups in total. The molecule has 0 saturated carbocycles. The van der Waals surface area contributed by atoms with Gasteiger partial charge in [0.05, 0.1) is 0 Å². The Hall–Kier alpha value is -0.820. The molecule has 0 saturated heterocycles. The van der Waals surface area contributed by atoms with Crippen LogP contribution in [-0.2, 0) is 6.42 Å². The fraction of sp³-hybridized carbons (Fsp3) is 0.455. The number of rotatable bonds is 4. The Labute approximate surface area is 74.6 Å². The van der Waals surface area contributed by atoms with Crippen LogP contribution < -0.4 is 5.73 Å². The summed E-state index contributed by atoms with van der Waals surface area (Å²) in [7, 11) is 0. The lowest BCUT2D eigenvalue weighted by atomic mass is 10.1. The molecule has 0 amide bonds. The van der Waals surface area contributed by atoms with Crippen molar-refractivity contribution in [1.82, 2.24) is 0 Å². The first-order chi connectivity index (χ1) is 5.79. The third-order valence-electron chi connectivity index (χ3n) is 1.97. The monoisotopic (exact) mass is 163 g/mol. The number of aryl methyl sites for hydroxylation is 1. The van der Waals surface area contributed by atoms with Gasteiger partial charge < -0.3 is 5.73 Å². The van der Waals surface area contributed by atoms with Crippen LogP contribution in [0.1, 0.15) is 25.3 Å². The second-order valence-corrected chi connectivity index (χ2v) is 3.36. The van der Waals surface area contributed by atoms with Crippen LogP contribution in [0.3, 0.4) is 0 Å². The molecular weight excluding hydrogens is 146 g/mol. The molecule has 0 heterocycles. The number of hydrogen-bond donors (Lipinski definition) is 1. The van der Waals surface area contributed by atoms with Crippen LogP contribution in [-0.4, -0.2) is 6.04 Å². The van der Waals surface area contributed by atoms with Crippen LogP contribution in [0.15, 0.2) is 30.3 Å². The van der Waals surface area contributed by atoms with Crippen molar-refractivity contribution < 1.29 is 0 Å². The van der Waals surface area contributed by atoms with Crippen LogP contribution in [0.5, 0.6) is 0 Å². The van der Waals surface area contributed by atoms with E-state index in [4.69, 9.17) is 5.73 Å². The molecule has 1 aromatic rings. The molecule has 0 aliphatic carbocycles. The summed E-state index contributed by atoms with van der Waals surface area (Å²) < 4.78 is 0. The lowest BCUT2D eigenvalue weighted by Crippen LogP contribution is -2.14. The van der Waals surface area contributed by atoms with Gasteiger partial charge in [-0.15, -0.1) is 0 Å². The topological polar surface area (TPSA) is 26.0 Å². The highest BCUT2D eigenvalue weighted by Gasteiger charge is 1.94. The Morgan fingerprint density at radius 2 is 1.92 bits per heavy atom. The molecule has 1 atom stereocenters. The van der Waals surface area contributed by atoms with Gasteiger partial charge in [-0.1, -0.05) is 30.3 Å². The highest BCUT2D eigenvalue weighted by molar-refractivity contribution is 5.14. The Bertz CT molecular complexity index is 204. The summed E-state index contributed by atoms with van der Waals surface area (Å²) in [6, 6.07) is 10.9. The summed E-state index contributed by atoms with van der Waals surface area (Å²) in [5.74, 6) is 0. The van der Waals surface area contributed by atoms with E-state index in [-0.39, 0.29) is 0 Å². The summed E-state index contributed by atoms with van der Waals surface area (Å²) in [6.45, 7) is 2.06. The van der Waals surface area contributed by atoms with Crippen LogP contribution in [0.25, 0.3) is 0 Å². The molecule has 1 heteroatoms. The molecule has 0 bridgehead atoms. The Morgan fingerprint density at radius 3 is 2.50 bits per heavy atom. The maximum Gasteiger partial charge on any atom is 0.00105 e. The number of nitrogens with two attached hydrogens (primary N) is 1. The predicted molar refractivity (Wildman–Crippen MR) is 53.0 cm³/mol. The van der Waals surface area contributed by atoms with Gasteiger partial charge in [0.15, 0.2) is 0 Å². The van der Waals surface area contributed by atoms with Crippen molar-refractivity contribution in [3.05, 3.63) is 35.9 Å². The second kappa shape index (κ2) is 4.94. The summed E-state index contributed by atoms with van der Waals surface area (Å²) in [6.07, 6.45) is 3.47. The molecule has 1 nitrogen and oxygen atoms in total. The summed E-state index contributed by atoms with van der Waals surface area (Å²) in [5, 5.41) is 0. The fourth-order valence-corrected chi connectivity index (χ4v) is 1.27. The first-order valence-corrected chi connectivity index (χ1v) is 4.58. The zero-order valence-corrected chi connectivity index (χ0v) is 7.66. The molecule has 1 aromatic carbocycles. The summed E-state index contributed by atoms with van der Waals surface area (Å²) in [4.78, 5) is 0. The van der Waals surface area contributed by atoms with Crippen molar-refractivity contribution in [3.8, 4) is 0 Å². The fourth-order valence-electron chi connectivity index (χ4n) is 1.27. The van der Waals surface area contributed by atoms with E-state index in [1.807, 2.05) is 0 Å². The smallest absolute Gasteiger partial charge is 0.00105 e. The molecule has 0 spiro atoms. The van der Waals surface area contributed by atoms with E-state index < -0.39 is 0 Å². The maximum absolute atomic E-state index is 5.66. The zero-order chi connectivity index (χ0) is 8.81. The van der Waals surface area contributed by atoms with E-state index in [0.29, 0.717) is 6.04 Å². The van der Waals surface area contributed by atoms with E-state index in [1.54, 1.807) is 0 Å². The summed E-state index contributed by atoms with van der Waals surface area (Å²) in [5.41, 5.74) is 7.07. The Morgan fingerprint density at radius 1 is 1.25 bits per heavy atom. The quantitative estimate of drug-likeness (QED) is 0.724. The molecule has 0 unspecified atom stereocenters. The van der Waals surface area contributed by atoms with Crippen molar-refractivity contribution >= 4 is 0 Å². The molecular formula is C11H17N. The molecule has 0 radical (unpaired) electrons. The highest BCUT2D eigenvalue weighted by Crippen LogP contribution is 2.05. The van der Waals surface area contributed by atoms with Gasteiger partial charge in [0.1, 0.15) is 0 Å². The third kappa shape index (κ3) is 3.54. The van der Waals surface area contributed by atoms with Crippen LogP contribution >= 0.6 is 0 Å². The van der Waals surface area contributed by atoms with E-state index in [2.05, 4.69) is 37.3 Å². The molecule has 0 aliphatic rings. The van der Waals surface area contributed by atoms with E-state index in [1.165, 1.54) is 12.0 Å². The first kappa shape index (κ1) is 9.27. The van der Waals surface area contributed by atoms with Gasteiger partial charge in [0, 0.05) is 6.04 Å². The van der Waals surface area contributed by atoms with Gasteiger partial charge >= 0.3 is 0 Å². The molecule has 0 aromatic heterocycles. The molecule has 0 aliphatic heterocycles. The van der Waals surface area contributed by atoms with Crippen molar-refractivity contribution in [3.63, 3.8) is 0 Å². The van der Waals surface area contributed by atoms with Gasteiger partial charge in [-0.25, -0.2) is 0 Å². The molecule has 1 rings (SSSR count). The van der Waals surface area contributed by atoms with Gasteiger partial charge in [0.25, 0.3) is 0 Å². The number of benzene rings is 1.